The number of aryl methyl sites for hydroxylation is 2. The molecule has 0 bridgehead atoms. The number of fused-ring (bicyclic) bond motifs is 1. The molecular formula is C31H29F9N4O7. The molecule has 0 saturated carbocycles. The lowest BCUT2D eigenvalue weighted by Gasteiger charge is -2.37. The molecule has 2 aliphatic rings. The van der Waals surface area contributed by atoms with Crippen LogP contribution in [0.25, 0.3) is 0 Å². The summed E-state index contributed by atoms with van der Waals surface area (Å²) in [5.74, 6) is -8.32. The number of nitrogens with zero attached hydrogens (tertiary/aromatic N) is 3. The van der Waals surface area contributed by atoms with Gasteiger partial charge in [-0.1, -0.05) is 6.07 Å². The number of hydrogen-bond donors (Lipinski definition) is 4. The molecule has 0 spiro atoms. The molecule has 0 atom stereocenters. The van der Waals surface area contributed by atoms with Crippen LogP contribution < -0.4 is 15.1 Å². The first-order chi connectivity index (χ1) is 23.6. The van der Waals surface area contributed by atoms with E-state index in [4.69, 9.17) is 29.7 Å². The molecule has 0 radical (unpaired) electrons. The second kappa shape index (κ2) is 17.9. The summed E-state index contributed by atoms with van der Waals surface area (Å²) in [7, 11) is 0. The highest BCUT2D eigenvalue weighted by molar-refractivity contribution is 6.04. The van der Waals surface area contributed by atoms with Gasteiger partial charge in [0.2, 0.25) is 0 Å². The molecule has 2 aromatic carbocycles. The molecule has 1 aliphatic heterocycles. The van der Waals surface area contributed by atoms with E-state index in [1.807, 2.05) is 30.6 Å². The topological polar surface area (TPSA) is 160 Å². The molecule has 5 rings (SSSR count). The number of piperazine rings is 1. The zero-order valence-corrected chi connectivity index (χ0v) is 26.0. The Labute approximate surface area is 282 Å². The molecule has 20 heteroatoms. The number of carboxylic acids is 3. The van der Waals surface area contributed by atoms with E-state index in [1.54, 1.807) is 0 Å². The molecular weight excluding hydrogens is 711 g/mol. The lowest BCUT2D eigenvalue weighted by atomic mass is 10.1. The Morgan fingerprint density at radius 3 is 1.39 bits per heavy atom. The van der Waals surface area contributed by atoms with E-state index in [9.17, 15) is 44.3 Å². The standard InChI is InChI=1S/C25H26N4O.3C2HF3O2/c30-25(27-22-7-4-19-2-1-3-21(19)18-22)20-5-8-23(9-6-20)28-14-16-29(17-15-28)24-10-12-26-13-11-24;3*3-2(4,5)1(6)7/h4-13,18H,1-3,14-17H2,(H,27,30);3*(H,6,7). The Kier molecular flexibility index (Phi) is 14.6. The normalized spacial score (nSPS) is 13.9. The van der Waals surface area contributed by atoms with E-state index in [0.29, 0.717) is 5.56 Å². The third-order valence-electron chi connectivity index (χ3n) is 6.89. The number of benzene rings is 2. The van der Waals surface area contributed by atoms with Crippen molar-refractivity contribution in [2.75, 3.05) is 41.3 Å². The van der Waals surface area contributed by atoms with Crippen LogP contribution in [-0.2, 0) is 27.2 Å². The summed E-state index contributed by atoms with van der Waals surface area (Å²) < 4.78 is 95.2. The van der Waals surface area contributed by atoms with Gasteiger partial charge in [-0.05, 0) is 78.9 Å². The number of carbonyl (C=O) groups excluding carboxylic acids is 1. The third kappa shape index (κ3) is 14.1. The van der Waals surface area contributed by atoms with Crippen LogP contribution in [0, 0.1) is 0 Å². The SMILES string of the molecule is O=C(Nc1ccc2c(c1)CCC2)c1ccc(N2CCN(c3ccncc3)CC2)cc1.O=C(O)C(F)(F)F.O=C(O)C(F)(F)F.O=C(O)C(F)(F)F. The molecule has 0 unspecified atom stereocenters. The van der Waals surface area contributed by atoms with Crippen LogP contribution in [0.4, 0.5) is 56.6 Å². The number of alkyl halides is 9. The number of carboxylic acid groups (broad SMARTS) is 3. The van der Waals surface area contributed by atoms with Crippen molar-refractivity contribution in [3.05, 3.63) is 83.7 Å². The molecule has 51 heavy (non-hydrogen) atoms. The largest absolute Gasteiger partial charge is 0.490 e. The van der Waals surface area contributed by atoms with Gasteiger partial charge in [0.15, 0.2) is 0 Å². The van der Waals surface area contributed by atoms with E-state index >= 15 is 0 Å². The average molecular weight is 741 g/mol. The Bertz CT molecular complexity index is 1570. The molecule has 1 amide bonds. The molecule has 2 heterocycles. The van der Waals surface area contributed by atoms with Crippen molar-refractivity contribution in [3.63, 3.8) is 0 Å². The fourth-order valence-electron chi connectivity index (χ4n) is 4.45. The highest BCUT2D eigenvalue weighted by atomic mass is 19.4. The van der Waals surface area contributed by atoms with Crippen molar-refractivity contribution < 1.29 is 74.0 Å². The predicted molar refractivity (Wildman–Crippen MR) is 163 cm³/mol. The van der Waals surface area contributed by atoms with Crippen molar-refractivity contribution in [1.29, 1.82) is 0 Å². The average Bonchev–Trinajstić information content (AvgIpc) is 3.53. The monoisotopic (exact) mass is 740 g/mol. The van der Waals surface area contributed by atoms with Crippen LogP contribution in [0.3, 0.4) is 0 Å². The molecule has 1 saturated heterocycles. The fraction of sp³-hybridized carbons (Fsp3) is 0.323. The van der Waals surface area contributed by atoms with Gasteiger partial charge in [0.1, 0.15) is 0 Å². The molecule has 11 nitrogen and oxygen atoms in total. The van der Waals surface area contributed by atoms with Gasteiger partial charge in [0.05, 0.1) is 0 Å². The molecule has 4 N–H and O–H groups in total. The number of anilines is 3. The number of hydrogen-bond acceptors (Lipinski definition) is 7. The zero-order chi connectivity index (χ0) is 38.6. The molecule has 1 aromatic heterocycles. The summed E-state index contributed by atoms with van der Waals surface area (Å²) in [5.41, 5.74) is 6.75. The lowest BCUT2D eigenvalue weighted by Crippen LogP contribution is -2.46. The molecule has 1 aliphatic carbocycles. The van der Waals surface area contributed by atoms with Crippen molar-refractivity contribution in [2.45, 2.75) is 37.8 Å². The fourth-order valence-corrected chi connectivity index (χ4v) is 4.45. The highest BCUT2D eigenvalue weighted by Crippen LogP contribution is 2.26. The van der Waals surface area contributed by atoms with Gasteiger partial charge in [-0.15, -0.1) is 0 Å². The van der Waals surface area contributed by atoms with E-state index in [-0.39, 0.29) is 5.91 Å². The summed E-state index contributed by atoms with van der Waals surface area (Å²) in [4.78, 5) is 48.2. The second-order valence-corrected chi connectivity index (χ2v) is 10.4. The van der Waals surface area contributed by atoms with E-state index in [0.717, 1.165) is 44.7 Å². The molecule has 278 valence electrons. The summed E-state index contributed by atoms with van der Waals surface area (Å²) in [6.45, 7) is 3.88. The number of aliphatic carboxylic acids is 3. The Hall–Kier alpha value is -5.56. The second-order valence-electron chi connectivity index (χ2n) is 10.4. The van der Waals surface area contributed by atoms with Crippen LogP contribution in [0.15, 0.2) is 67.0 Å². The van der Waals surface area contributed by atoms with Crippen LogP contribution in [0.2, 0.25) is 0 Å². The van der Waals surface area contributed by atoms with Crippen LogP contribution in [0.1, 0.15) is 27.9 Å². The number of amides is 1. The summed E-state index contributed by atoms with van der Waals surface area (Å²) >= 11 is 0. The van der Waals surface area contributed by atoms with Crippen molar-refractivity contribution in [3.8, 4) is 0 Å². The minimum Gasteiger partial charge on any atom is -0.475 e. The van der Waals surface area contributed by atoms with E-state index in [2.05, 4.69) is 56.5 Å². The minimum atomic E-state index is -5.08. The summed E-state index contributed by atoms with van der Waals surface area (Å²) in [6.07, 6.45) is -8.09. The first kappa shape index (κ1) is 41.6. The Morgan fingerprint density at radius 1 is 0.588 bits per heavy atom. The van der Waals surface area contributed by atoms with Crippen LogP contribution in [-0.4, -0.2) is 88.8 Å². The zero-order valence-electron chi connectivity index (χ0n) is 26.0. The summed E-state index contributed by atoms with van der Waals surface area (Å²) in [6, 6.07) is 18.4. The maximum absolute atomic E-state index is 12.7. The number of pyridine rings is 1. The maximum Gasteiger partial charge on any atom is 0.490 e. The van der Waals surface area contributed by atoms with E-state index < -0.39 is 36.4 Å². The number of nitrogens with one attached hydrogen (secondary N) is 1. The number of rotatable bonds is 4. The van der Waals surface area contributed by atoms with Gasteiger partial charge in [-0.25, -0.2) is 14.4 Å². The Morgan fingerprint density at radius 2 is 0.980 bits per heavy atom. The van der Waals surface area contributed by atoms with Gasteiger partial charge < -0.3 is 30.4 Å². The number of carbonyl (C=O) groups is 4. The van der Waals surface area contributed by atoms with Crippen molar-refractivity contribution in [2.24, 2.45) is 0 Å². The highest BCUT2D eigenvalue weighted by Gasteiger charge is 2.39. The smallest absolute Gasteiger partial charge is 0.475 e. The van der Waals surface area contributed by atoms with Gasteiger partial charge in [0.25, 0.3) is 5.91 Å². The van der Waals surface area contributed by atoms with E-state index in [1.165, 1.54) is 28.9 Å². The Balaban J connectivity index is 0.000000352. The van der Waals surface area contributed by atoms with Crippen molar-refractivity contribution >= 4 is 40.9 Å². The van der Waals surface area contributed by atoms with Crippen LogP contribution >= 0.6 is 0 Å². The number of aromatic nitrogens is 1. The van der Waals surface area contributed by atoms with Gasteiger partial charge in [-0.3, -0.25) is 9.78 Å². The summed E-state index contributed by atoms with van der Waals surface area (Å²) in [5, 5.41) is 24.4. The first-order valence-corrected chi connectivity index (χ1v) is 14.4. The maximum atomic E-state index is 12.7. The van der Waals surface area contributed by atoms with Crippen molar-refractivity contribution in [1.82, 2.24) is 4.98 Å². The van der Waals surface area contributed by atoms with Gasteiger partial charge >= 0.3 is 36.4 Å². The third-order valence-corrected chi connectivity index (χ3v) is 6.89. The molecule has 1 fully saturated rings. The first-order valence-electron chi connectivity index (χ1n) is 14.4. The van der Waals surface area contributed by atoms with Gasteiger partial charge in [-0.2, -0.15) is 39.5 Å². The molecule has 3 aromatic rings. The van der Waals surface area contributed by atoms with Gasteiger partial charge in [0, 0.05) is 61.2 Å². The van der Waals surface area contributed by atoms with Crippen LogP contribution in [0.5, 0.6) is 0 Å². The number of halogens is 9. The quantitative estimate of drug-likeness (QED) is 0.232. The lowest BCUT2D eigenvalue weighted by molar-refractivity contribution is -0.193. The predicted octanol–water partition coefficient (Wildman–Crippen LogP) is 6.05. The minimum absolute atomic E-state index is 0.0537.